The van der Waals surface area contributed by atoms with Crippen molar-refractivity contribution in [3.8, 4) is 0 Å². The molecule has 82 valence electrons. The van der Waals surface area contributed by atoms with Crippen LogP contribution in [0.3, 0.4) is 0 Å². The molecule has 0 amide bonds. The number of aromatic nitrogens is 3. The van der Waals surface area contributed by atoms with Gasteiger partial charge >= 0.3 is 0 Å². The molecule has 0 spiro atoms. The van der Waals surface area contributed by atoms with E-state index in [1.165, 1.54) is 12.1 Å². The maximum absolute atomic E-state index is 12.9. The van der Waals surface area contributed by atoms with Gasteiger partial charge in [-0.05, 0) is 31.5 Å². The van der Waals surface area contributed by atoms with Crippen LogP contribution in [0.5, 0.6) is 0 Å². The Balaban J connectivity index is 2.28. The number of hydrogen-bond donors (Lipinski definition) is 0. The largest absolute Gasteiger partial charge is 0.207 e. The number of hydrogen-bond acceptors (Lipinski definition) is 3. The first-order valence-electron chi connectivity index (χ1n) is 4.85. The lowest BCUT2D eigenvalue weighted by Gasteiger charge is -1.97. The number of benzene rings is 1. The third-order valence-corrected chi connectivity index (χ3v) is 2.12. The number of nitrogens with zero attached hydrogens (tertiary/aromatic N) is 4. The van der Waals surface area contributed by atoms with Gasteiger partial charge in [-0.1, -0.05) is 12.1 Å². The Hall–Kier alpha value is -2.04. The van der Waals surface area contributed by atoms with Gasteiger partial charge in [0, 0.05) is 0 Å². The SMILES string of the molecule is Cc1nnc(C)n1/N=C\c1cccc(F)c1. The van der Waals surface area contributed by atoms with E-state index >= 15 is 0 Å². The van der Waals surface area contributed by atoms with Gasteiger partial charge in [-0.2, -0.15) is 5.10 Å². The fraction of sp³-hybridized carbons (Fsp3) is 0.182. The molecule has 1 heterocycles. The van der Waals surface area contributed by atoms with Gasteiger partial charge in [0.15, 0.2) is 11.6 Å². The van der Waals surface area contributed by atoms with Gasteiger partial charge in [0.2, 0.25) is 0 Å². The summed E-state index contributed by atoms with van der Waals surface area (Å²) in [6.45, 7) is 3.62. The highest BCUT2D eigenvalue weighted by molar-refractivity contribution is 5.79. The van der Waals surface area contributed by atoms with E-state index in [1.54, 1.807) is 23.0 Å². The zero-order valence-electron chi connectivity index (χ0n) is 9.05. The molecule has 0 aliphatic heterocycles. The molecule has 0 aliphatic carbocycles. The highest BCUT2D eigenvalue weighted by Crippen LogP contribution is 2.02. The molecule has 0 bridgehead atoms. The Morgan fingerprint density at radius 3 is 2.56 bits per heavy atom. The van der Waals surface area contributed by atoms with Gasteiger partial charge in [-0.25, -0.2) is 9.07 Å². The summed E-state index contributed by atoms with van der Waals surface area (Å²) < 4.78 is 14.5. The Morgan fingerprint density at radius 1 is 1.25 bits per heavy atom. The first kappa shape index (κ1) is 10.5. The van der Waals surface area contributed by atoms with Gasteiger partial charge in [0.05, 0.1) is 6.21 Å². The van der Waals surface area contributed by atoms with Gasteiger partial charge in [-0.3, -0.25) is 0 Å². The van der Waals surface area contributed by atoms with Crippen molar-refractivity contribution in [1.29, 1.82) is 0 Å². The second kappa shape index (κ2) is 4.22. The topological polar surface area (TPSA) is 43.1 Å². The molecule has 0 aliphatic rings. The standard InChI is InChI=1S/C11H11FN4/c1-8-14-15-9(2)16(8)13-7-10-4-3-5-11(12)6-10/h3-7H,1-2H3/b13-7-. The summed E-state index contributed by atoms with van der Waals surface area (Å²) in [4.78, 5) is 0. The van der Waals surface area contributed by atoms with Crippen LogP contribution < -0.4 is 0 Å². The molecule has 0 saturated heterocycles. The van der Waals surface area contributed by atoms with E-state index in [-0.39, 0.29) is 5.82 Å². The lowest BCUT2D eigenvalue weighted by molar-refractivity contribution is 0.627. The molecule has 0 N–H and O–H groups in total. The molecule has 0 radical (unpaired) electrons. The fourth-order valence-electron chi connectivity index (χ4n) is 1.34. The minimum atomic E-state index is -0.277. The van der Waals surface area contributed by atoms with Gasteiger partial charge in [0.1, 0.15) is 5.82 Å². The van der Waals surface area contributed by atoms with Crippen LogP contribution in [0, 0.1) is 19.7 Å². The third-order valence-electron chi connectivity index (χ3n) is 2.12. The van der Waals surface area contributed by atoms with Crippen LogP contribution in [-0.4, -0.2) is 21.1 Å². The van der Waals surface area contributed by atoms with Crippen LogP contribution in [0.1, 0.15) is 17.2 Å². The van der Waals surface area contributed by atoms with Crippen molar-refractivity contribution in [1.82, 2.24) is 14.9 Å². The van der Waals surface area contributed by atoms with E-state index < -0.39 is 0 Å². The predicted octanol–water partition coefficient (Wildman–Crippen LogP) is 1.92. The monoisotopic (exact) mass is 218 g/mol. The molecule has 2 rings (SSSR count). The Morgan fingerprint density at radius 2 is 1.94 bits per heavy atom. The second-order valence-electron chi connectivity index (χ2n) is 3.41. The zero-order chi connectivity index (χ0) is 11.5. The molecule has 1 aromatic carbocycles. The summed E-state index contributed by atoms with van der Waals surface area (Å²) in [7, 11) is 0. The van der Waals surface area contributed by atoms with Crippen molar-refractivity contribution in [3.05, 3.63) is 47.3 Å². The Kier molecular flexibility index (Phi) is 2.76. The minimum absolute atomic E-state index is 0.277. The summed E-state index contributed by atoms with van der Waals surface area (Å²) >= 11 is 0. The summed E-state index contributed by atoms with van der Waals surface area (Å²) in [5, 5.41) is 11.9. The van der Waals surface area contributed by atoms with E-state index in [1.807, 2.05) is 13.8 Å². The van der Waals surface area contributed by atoms with E-state index in [9.17, 15) is 4.39 Å². The molecular formula is C11H11FN4. The van der Waals surface area contributed by atoms with Crippen molar-refractivity contribution >= 4 is 6.21 Å². The average molecular weight is 218 g/mol. The first-order chi connectivity index (χ1) is 7.66. The lowest BCUT2D eigenvalue weighted by Crippen LogP contribution is -1.96. The van der Waals surface area contributed by atoms with Crippen molar-refractivity contribution in [2.45, 2.75) is 13.8 Å². The van der Waals surface area contributed by atoms with Crippen molar-refractivity contribution < 1.29 is 4.39 Å². The Bertz CT molecular complexity index is 511. The molecule has 4 nitrogen and oxygen atoms in total. The van der Waals surface area contributed by atoms with Gasteiger partial charge in [-0.15, -0.1) is 10.2 Å². The maximum Gasteiger partial charge on any atom is 0.151 e. The average Bonchev–Trinajstić information content (AvgIpc) is 2.56. The van der Waals surface area contributed by atoms with Crippen LogP contribution >= 0.6 is 0 Å². The van der Waals surface area contributed by atoms with E-state index in [0.29, 0.717) is 17.2 Å². The second-order valence-corrected chi connectivity index (χ2v) is 3.41. The molecule has 2 aromatic rings. The first-order valence-corrected chi connectivity index (χ1v) is 4.85. The molecule has 16 heavy (non-hydrogen) atoms. The Labute approximate surface area is 92.4 Å². The van der Waals surface area contributed by atoms with Crippen LogP contribution in [0.25, 0.3) is 0 Å². The van der Waals surface area contributed by atoms with Crippen LogP contribution in [0.4, 0.5) is 4.39 Å². The van der Waals surface area contributed by atoms with Gasteiger partial charge < -0.3 is 0 Å². The summed E-state index contributed by atoms with van der Waals surface area (Å²) in [6, 6.07) is 6.23. The van der Waals surface area contributed by atoms with Crippen LogP contribution in [-0.2, 0) is 0 Å². The molecule has 0 saturated carbocycles. The van der Waals surface area contributed by atoms with Crippen molar-refractivity contribution in [2.24, 2.45) is 5.10 Å². The maximum atomic E-state index is 12.9. The molecule has 5 heteroatoms. The quantitative estimate of drug-likeness (QED) is 0.723. The van der Waals surface area contributed by atoms with Crippen molar-refractivity contribution in [3.63, 3.8) is 0 Å². The smallest absolute Gasteiger partial charge is 0.151 e. The lowest BCUT2D eigenvalue weighted by atomic mass is 10.2. The zero-order valence-corrected chi connectivity index (χ0v) is 9.05. The fourth-order valence-corrected chi connectivity index (χ4v) is 1.34. The number of rotatable bonds is 2. The summed E-state index contributed by atoms with van der Waals surface area (Å²) in [5.74, 6) is 1.12. The molecule has 0 atom stereocenters. The molecule has 0 unspecified atom stereocenters. The summed E-state index contributed by atoms with van der Waals surface area (Å²) in [5.41, 5.74) is 0.701. The molecule has 1 aromatic heterocycles. The molecule has 0 fully saturated rings. The van der Waals surface area contributed by atoms with Crippen LogP contribution in [0.2, 0.25) is 0 Å². The van der Waals surface area contributed by atoms with E-state index in [0.717, 1.165) is 0 Å². The predicted molar refractivity (Wildman–Crippen MR) is 58.9 cm³/mol. The van der Waals surface area contributed by atoms with Crippen LogP contribution in [0.15, 0.2) is 29.4 Å². The number of halogens is 1. The van der Waals surface area contributed by atoms with E-state index in [2.05, 4.69) is 15.3 Å². The normalized spacial score (nSPS) is 11.2. The van der Waals surface area contributed by atoms with E-state index in [4.69, 9.17) is 0 Å². The third kappa shape index (κ3) is 2.13. The number of aryl methyl sites for hydroxylation is 2. The van der Waals surface area contributed by atoms with Crippen molar-refractivity contribution in [2.75, 3.05) is 0 Å². The molecular weight excluding hydrogens is 207 g/mol. The van der Waals surface area contributed by atoms with Gasteiger partial charge in [0.25, 0.3) is 0 Å². The minimum Gasteiger partial charge on any atom is -0.207 e. The highest BCUT2D eigenvalue weighted by atomic mass is 19.1. The highest BCUT2D eigenvalue weighted by Gasteiger charge is 2.01. The summed E-state index contributed by atoms with van der Waals surface area (Å²) in [6.07, 6.45) is 1.58.